The summed E-state index contributed by atoms with van der Waals surface area (Å²) in [5.41, 5.74) is 1.76. The minimum atomic E-state index is -0.160. The first-order valence-corrected chi connectivity index (χ1v) is 8.92. The van der Waals surface area contributed by atoms with Crippen LogP contribution in [-0.4, -0.2) is 29.8 Å². The lowest BCUT2D eigenvalue weighted by Gasteiger charge is -2.08. The molecule has 7 nitrogen and oxygen atoms in total. The van der Waals surface area contributed by atoms with Crippen molar-refractivity contribution in [2.45, 2.75) is 13.3 Å². The molecule has 0 aliphatic rings. The van der Waals surface area contributed by atoms with E-state index in [9.17, 15) is 4.79 Å². The van der Waals surface area contributed by atoms with Crippen LogP contribution < -0.4 is 20.1 Å². The van der Waals surface area contributed by atoms with Crippen LogP contribution in [0.3, 0.4) is 0 Å². The third-order valence-corrected chi connectivity index (χ3v) is 3.89. The third kappa shape index (κ3) is 5.44. The maximum atomic E-state index is 12.2. The normalized spacial score (nSPS) is 10.2. The molecule has 0 aliphatic heterocycles. The molecular formula is C21H22N4O3. The fourth-order valence-electron chi connectivity index (χ4n) is 2.53. The fourth-order valence-corrected chi connectivity index (χ4v) is 2.53. The van der Waals surface area contributed by atoms with E-state index >= 15 is 0 Å². The van der Waals surface area contributed by atoms with Crippen LogP contribution in [-0.2, 0) is 11.2 Å². The molecule has 0 bridgehead atoms. The summed E-state index contributed by atoms with van der Waals surface area (Å²) in [5, 5.41) is 14.0. The van der Waals surface area contributed by atoms with E-state index in [0.717, 1.165) is 22.7 Å². The maximum Gasteiger partial charge on any atom is 0.229 e. The minimum Gasteiger partial charge on any atom is -0.497 e. The van der Waals surface area contributed by atoms with Crippen molar-refractivity contribution in [1.82, 2.24) is 10.2 Å². The average molecular weight is 378 g/mol. The number of ether oxygens (including phenoxy) is 2. The van der Waals surface area contributed by atoms with E-state index in [1.54, 1.807) is 19.2 Å². The van der Waals surface area contributed by atoms with E-state index < -0.39 is 0 Å². The summed E-state index contributed by atoms with van der Waals surface area (Å²) < 4.78 is 10.5. The summed E-state index contributed by atoms with van der Waals surface area (Å²) in [6.45, 7) is 2.57. The molecule has 7 heteroatoms. The lowest BCUT2D eigenvalue weighted by atomic mass is 10.1. The van der Waals surface area contributed by atoms with Crippen LogP contribution in [0, 0.1) is 0 Å². The number of carbonyl (C=O) groups excluding carboxylic acids is 1. The SMILES string of the molecule is CCOc1ccc(Nc2ccc(NC(=O)Cc3ccc(OC)cc3)nn2)cc1. The molecule has 2 N–H and O–H groups in total. The van der Waals surface area contributed by atoms with Gasteiger partial charge in [-0.05, 0) is 61.0 Å². The molecule has 0 atom stereocenters. The Morgan fingerprint density at radius 1 is 0.893 bits per heavy atom. The van der Waals surface area contributed by atoms with Crippen LogP contribution in [0.25, 0.3) is 0 Å². The first-order valence-electron chi connectivity index (χ1n) is 8.92. The zero-order valence-electron chi connectivity index (χ0n) is 15.8. The van der Waals surface area contributed by atoms with Gasteiger partial charge in [0.2, 0.25) is 5.91 Å². The molecule has 144 valence electrons. The maximum absolute atomic E-state index is 12.2. The Bertz CT molecular complexity index is 894. The Balaban J connectivity index is 1.53. The number of benzene rings is 2. The van der Waals surface area contributed by atoms with Gasteiger partial charge in [-0.3, -0.25) is 4.79 Å². The molecule has 3 aromatic rings. The van der Waals surface area contributed by atoms with Gasteiger partial charge < -0.3 is 20.1 Å². The van der Waals surface area contributed by atoms with E-state index in [1.807, 2.05) is 55.5 Å². The highest BCUT2D eigenvalue weighted by Crippen LogP contribution is 2.19. The van der Waals surface area contributed by atoms with E-state index in [2.05, 4.69) is 20.8 Å². The second-order valence-corrected chi connectivity index (χ2v) is 5.96. The molecule has 1 amide bonds. The van der Waals surface area contributed by atoms with Gasteiger partial charge in [0.15, 0.2) is 11.6 Å². The molecule has 0 fully saturated rings. The summed E-state index contributed by atoms with van der Waals surface area (Å²) in [6.07, 6.45) is 0.248. The van der Waals surface area contributed by atoms with Gasteiger partial charge in [0.25, 0.3) is 0 Å². The molecule has 0 aliphatic carbocycles. The van der Waals surface area contributed by atoms with Crippen molar-refractivity contribution in [3.05, 3.63) is 66.2 Å². The lowest BCUT2D eigenvalue weighted by Crippen LogP contribution is -2.15. The average Bonchev–Trinajstić information content (AvgIpc) is 2.72. The summed E-state index contributed by atoms with van der Waals surface area (Å²) in [6, 6.07) is 18.4. The molecule has 0 radical (unpaired) electrons. The number of amides is 1. The first kappa shape index (κ1) is 19.2. The molecule has 3 rings (SSSR count). The highest BCUT2D eigenvalue weighted by molar-refractivity contribution is 5.91. The number of nitrogens with zero attached hydrogens (tertiary/aromatic N) is 2. The van der Waals surface area contributed by atoms with Crippen molar-refractivity contribution in [1.29, 1.82) is 0 Å². The smallest absolute Gasteiger partial charge is 0.229 e. The highest BCUT2D eigenvalue weighted by Gasteiger charge is 2.06. The first-order chi connectivity index (χ1) is 13.7. The zero-order chi connectivity index (χ0) is 19.8. The molecule has 28 heavy (non-hydrogen) atoms. The van der Waals surface area contributed by atoms with Gasteiger partial charge in [0.05, 0.1) is 20.1 Å². The molecule has 0 unspecified atom stereocenters. The fraction of sp³-hybridized carbons (Fsp3) is 0.190. The van der Waals surface area contributed by atoms with E-state index in [1.165, 1.54) is 0 Å². The van der Waals surface area contributed by atoms with Crippen LogP contribution in [0.4, 0.5) is 17.3 Å². The molecule has 0 spiro atoms. The van der Waals surface area contributed by atoms with Crippen LogP contribution >= 0.6 is 0 Å². The standard InChI is InChI=1S/C21H22N4O3/c1-3-28-18-10-6-16(7-11-18)22-19-12-13-20(25-24-19)23-21(26)14-15-4-8-17(27-2)9-5-15/h4-13H,3,14H2,1-2H3,(H,22,24)(H,23,25,26). The molecule has 2 aromatic carbocycles. The third-order valence-electron chi connectivity index (χ3n) is 3.89. The number of carbonyl (C=O) groups is 1. The number of hydrogen-bond donors (Lipinski definition) is 2. The summed E-state index contributed by atoms with van der Waals surface area (Å²) >= 11 is 0. The molecule has 1 aromatic heterocycles. The van der Waals surface area contributed by atoms with Gasteiger partial charge in [-0.2, -0.15) is 0 Å². The molecular weight excluding hydrogens is 356 g/mol. The molecule has 1 heterocycles. The summed E-state index contributed by atoms with van der Waals surface area (Å²) in [4.78, 5) is 12.2. The number of anilines is 3. The number of methoxy groups -OCH3 is 1. The lowest BCUT2D eigenvalue weighted by molar-refractivity contribution is -0.115. The van der Waals surface area contributed by atoms with Crippen molar-refractivity contribution in [2.75, 3.05) is 24.4 Å². The largest absolute Gasteiger partial charge is 0.497 e. The monoisotopic (exact) mass is 378 g/mol. The van der Waals surface area contributed by atoms with E-state index in [-0.39, 0.29) is 12.3 Å². The van der Waals surface area contributed by atoms with Gasteiger partial charge in [0, 0.05) is 5.69 Å². The van der Waals surface area contributed by atoms with Crippen LogP contribution in [0.2, 0.25) is 0 Å². The minimum absolute atomic E-state index is 0.160. The predicted molar refractivity (Wildman–Crippen MR) is 108 cm³/mol. The number of aromatic nitrogens is 2. The van der Waals surface area contributed by atoms with Crippen molar-refractivity contribution in [3.63, 3.8) is 0 Å². The Hall–Kier alpha value is -3.61. The van der Waals surface area contributed by atoms with E-state index in [4.69, 9.17) is 9.47 Å². The van der Waals surface area contributed by atoms with Gasteiger partial charge in [-0.15, -0.1) is 10.2 Å². The highest BCUT2D eigenvalue weighted by atomic mass is 16.5. The van der Waals surface area contributed by atoms with Gasteiger partial charge in [-0.25, -0.2) is 0 Å². The predicted octanol–water partition coefficient (Wildman–Crippen LogP) is 3.81. The van der Waals surface area contributed by atoms with Gasteiger partial charge in [-0.1, -0.05) is 12.1 Å². The second kappa shape index (κ2) is 9.36. The quantitative estimate of drug-likeness (QED) is 0.620. The Kier molecular flexibility index (Phi) is 6.41. The Labute approximate surface area is 163 Å². The van der Waals surface area contributed by atoms with Crippen LogP contribution in [0.1, 0.15) is 12.5 Å². The van der Waals surface area contributed by atoms with Gasteiger partial charge >= 0.3 is 0 Å². The topological polar surface area (TPSA) is 85.4 Å². The number of hydrogen-bond acceptors (Lipinski definition) is 6. The Morgan fingerprint density at radius 3 is 2.14 bits per heavy atom. The zero-order valence-corrected chi connectivity index (χ0v) is 15.8. The van der Waals surface area contributed by atoms with Crippen molar-refractivity contribution in [3.8, 4) is 11.5 Å². The van der Waals surface area contributed by atoms with Crippen molar-refractivity contribution >= 4 is 23.2 Å². The second-order valence-electron chi connectivity index (χ2n) is 5.96. The number of rotatable bonds is 8. The molecule has 0 saturated heterocycles. The Morgan fingerprint density at radius 2 is 1.54 bits per heavy atom. The number of nitrogens with one attached hydrogen (secondary N) is 2. The van der Waals surface area contributed by atoms with Crippen molar-refractivity contribution in [2.24, 2.45) is 0 Å². The van der Waals surface area contributed by atoms with Crippen LogP contribution in [0.5, 0.6) is 11.5 Å². The molecule has 0 saturated carbocycles. The van der Waals surface area contributed by atoms with Gasteiger partial charge in [0.1, 0.15) is 11.5 Å². The summed E-state index contributed by atoms with van der Waals surface area (Å²) in [5.74, 6) is 2.39. The van der Waals surface area contributed by atoms with Crippen LogP contribution in [0.15, 0.2) is 60.7 Å². The summed E-state index contributed by atoms with van der Waals surface area (Å²) in [7, 11) is 1.61. The van der Waals surface area contributed by atoms with Crippen molar-refractivity contribution < 1.29 is 14.3 Å². The van der Waals surface area contributed by atoms with E-state index in [0.29, 0.717) is 18.2 Å².